The molecule has 4 atom stereocenters. The summed E-state index contributed by atoms with van der Waals surface area (Å²) in [6.07, 6.45) is -22.6. The third kappa shape index (κ3) is 24.0. The number of aromatic nitrogens is 2. The largest absolute Gasteiger partial charge is 0.481 e. The fraction of sp³-hybridized carbons (Fsp3) is 0.500. The number of Topliss-reactive ketones (excluding diaryl/α,β-unsaturated/α-hetero) is 2. The topological polar surface area (TPSA) is 148 Å². The van der Waals surface area contributed by atoms with Crippen molar-refractivity contribution in [1.82, 2.24) is 18.9 Å². The van der Waals surface area contributed by atoms with Gasteiger partial charge in [-0.05, 0) is 197 Å². The minimum absolute atomic E-state index is 0. The summed E-state index contributed by atoms with van der Waals surface area (Å²) in [5.74, 6) is -16.2. The number of carbonyl (C=O) groups is 4. The van der Waals surface area contributed by atoms with E-state index in [4.69, 9.17) is 4.74 Å². The zero-order valence-corrected chi connectivity index (χ0v) is 63.6. The monoisotopic (exact) mass is 1560 g/mol. The molecule has 0 saturated carbocycles. The van der Waals surface area contributed by atoms with Crippen molar-refractivity contribution in [3.8, 4) is 22.3 Å². The van der Waals surface area contributed by atoms with E-state index in [-0.39, 0.29) is 106 Å². The number of alkyl halides is 12. The number of benzene rings is 4. The SMILES string of the molecule is CCOC(=O)C[C@H](CC(=O)C(CC(C)C)n1cc(CCCN(C)C)c(C(F)(F)F)cc1=O)c1c(F)c(-c2c(C)cc(C)cc2C)cc(C(F)(F)F)c1F.Cc1cc(C)c(-c2cc(C(F)(F)F)c(F)c([C@H](CC(=O)O)CC(=O)C(CC(C)C)n3cc(CCCN(C)C)c(C(F)(F)F)cc3=O)c2F)c(C)c1.S.S. The van der Waals surface area contributed by atoms with Crippen LogP contribution in [0.2, 0.25) is 0 Å². The summed E-state index contributed by atoms with van der Waals surface area (Å²) in [5, 5.41) is 9.74. The first kappa shape index (κ1) is 92.8. The number of carboxylic acids is 1. The number of carboxylic acid groups (broad SMARTS) is 1. The number of ether oxygens (including phenoxy) is 1. The van der Waals surface area contributed by atoms with E-state index in [9.17, 15) is 86.6 Å². The molecule has 0 aliphatic heterocycles. The highest BCUT2D eigenvalue weighted by Gasteiger charge is 2.44. The van der Waals surface area contributed by atoms with Crippen LogP contribution in [-0.2, 0) is 61.5 Å². The fourth-order valence-corrected chi connectivity index (χ4v) is 13.4. The molecular formula is C76H92F16N4O8S2. The molecule has 2 heterocycles. The van der Waals surface area contributed by atoms with E-state index < -0.39 is 177 Å². The Morgan fingerprint density at radius 2 is 0.783 bits per heavy atom. The second kappa shape index (κ2) is 38.1. The van der Waals surface area contributed by atoms with Crippen LogP contribution in [0, 0.1) is 76.6 Å². The Balaban J connectivity index is 0.000000540. The van der Waals surface area contributed by atoms with Crippen molar-refractivity contribution in [1.29, 1.82) is 0 Å². The molecule has 12 nitrogen and oxygen atoms in total. The predicted octanol–water partition coefficient (Wildman–Crippen LogP) is 18.8. The molecule has 1 N–H and O–H groups in total. The summed E-state index contributed by atoms with van der Waals surface area (Å²) < 4.78 is 242. The minimum Gasteiger partial charge on any atom is -0.481 e. The average Bonchev–Trinajstić information content (AvgIpc) is 0.764. The van der Waals surface area contributed by atoms with Crippen LogP contribution >= 0.6 is 27.0 Å². The summed E-state index contributed by atoms with van der Waals surface area (Å²) in [6, 6.07) is 4.84. The van der Waals surface area contributed by atoms with E-state index >= 15 is 17.6 Å². The summed E-state index contributed by atoms with van der Waals surface area (Å²) in [5.41, 5.74) is -9.54. The van der Waals surface area contributed by atoms with Crippen LogP contribution in [0.15, 0.2) is 70.5 Å². The summed E-state index contributed by atoms with van der Waals surface area (Å²) in [4.78, 5) is 83.2. The smallest absolute Gasteiger partial charge is 0.419 e. The van der Waals surface area contributed by atoms with E-state index in [1.54, 1.807) is 118 Å². The molecule has 0 fully saturated rings. The van der Waals surface area contributed by atoms with Crippen molar-refractivity contribution in [2.45, 2.75) is 189 Å². The Morgan fingerprint density at radius 3 is 1.06 bits per heavy atom. The van der Waals surface area contributed by atoms with Gasteiger partial charge in [0.15, 0.2) is 11.6 Å². The Hall–Kier alpha value is -7.44. The fourth-order valence-electron chi connectivity index (χ4n) is 13.4. The van der Waals surface area contributed by atoms with Gasteiger partial charge >= 0.3 is 36.6 Å². The van der Waals surface area contributed by atoms with Crippen molar-refractivity contribution in [2.24, 2.45) is 11.8 Å². The number of pyridine rings is 2. The van der Waals surface area contributed by atoms with Gasteiger partial charge in [0.1, 0.15) is 23.3 Å². The van der Waals surface area contributed by atoms with E-state index in [1.165, 1.54) is 20.8 Å². The molecule has 6 aromatic rings. The van der Waals surface area contributed by atoms with E-state index in [0.717, 1.165) is 32.7 Å². The van der Waals surface area contributed by atoms with Gasteiger partial charge in [0.25, 0.3) is 11.1 Å². The zero-order valence-electron chi connectivity index (χ0n) is 61.6. The lowest BCUT2D eigenvalue weighted by Crippen LogP contribution is -2.33. The maximum atomic E-state index is 16.7. The molecule has 0 amide bonds. The number of rotatable bonds is 29. The highest BCUT2D eigenvalue weighted by Crippen LogP contribution is 2.47. The van der Waals surface area contributed by atoms with Gasteiger partial charge in [-0.25, -0.2) is 17.6 Å². The van der Waals surface area contributed by atoms with Crippen LogP contribution in [-0.4, -0.2) is 95.4 Å². The molecule has 0 aliphatic carbocycles. The summed E-state index contributed by atoms with van der Waals surface area (Å²) in [6.45, 7) is 18.3. The molecule has 0 radical (unpaired) electrons. The van der Waals surface area contributed by atoms with Crippen LogP contribution in [0.4, 0.5) is 70.2 Å². The molecule has 0 saturated heterocycles. The van der Waals surface area contributed by atoms with Gasteiger partial charge in [-0.1, -0.05) is 63.1 Å². The van der Waals surface area contributed by atoms with Gasteiger partial charge in [-0.3, -0.25) is 28.8 Å². The van der Waals surface area contributed by atoms with E-state index in [1.807, 2.05) is 0 Å². The normalized spacial score (nSPS) is 13.3. The molecule has 6 rings (SSSR count). The number of ketones is 2. The number of nitrogens with zero attached hydrogens (tertiary/aromatic N) is 4. The van der Waals surface area contributed by atoms with Crippen molar-refractivity contribution >= 4 is 50.5 Å². The number of aryl methyl sites for hydroxylation is 8. The summed E-state index contributed by atoms with van der Waals surface area (Å²) >= 11 is 0. The van der Waals surface area contributed by atoms with Gasteiger partial charge in [0.05, 0.1) is 53.8 Å². The third-order valence-corrected chi connectivity index (χ3v) is 17.7. The number of hydrogen-bond acceptors (Lipinski definition) is 9. The van der Waals surface area contributed by atoms with Crippen LogP contribution in [0.3, 0.4) is 0 Å². The second-order valence-electron chi connectivity index (χ2n) is 27.9. The van der Waals surface area contributed by atoms with Crippen LogP contribution in [0.5, 0.6) is 0 Å². The van der Waals surface area contributed by atoms with Crippen molar-refractivity contribution < 1.29 is 99.3 Å². The highest BCUT2D eigenvalue weighted by molar-refractivity contribution is 7.59. The summed E-state index contributed by atoms with van der Waals surface area (Å²) in [7, 11) is 6.91. The second-order valence-corrected chi connectivity index (χ2v) is 27.9. The standard InChI is InChI=1S/C39H46F8N2O4.C37H42F8N2O4.2H2S/c1-9-53-33(52)17-26(35-36(40)27(18-29(37(35)41)39(45,46)47)34-23(5)14-22(4)15-24(34)6)16-31(50)30(13-21(2)3)49-20-25(11-10-12-48(7)8)28(19-32(49)51)38(42,43)44;1-19(2)11-28(47-18-23(9-8-10-46(6)7)26(17-30(47)49)36(40,41)42)29(48)14-24(15-31(50)51)33-34(38)25(16-27(35(33)39)37(43,44)45)32-21(4)12-20(3)13-22(32)5;;/h14-15,18-21,26,30H,9-13,16-17H2,1-8H3;12-13,16-19,24,28H,8-11,14-15H2,1-7H3,(H,50,51);2*1H2/t26-,30?;24-,28?;;/m00../s1. The minimum atomic E-state index is -5.34. The number of hydrogen-bond donors (Lipinski definition) is 1. The Bertz CT molecular complexity index is 4190. The van der Waals surface area contributed by atoms with E-state index in [2.05, 4.69) is 0 Å². The lowest BCUT2D eigenvalue weighted by Gasteiger charge is -2.27. The van der Waals surface area contributed by atoms with Gasteiger partial charge in [-0.15, -0.1) is 0 Å². The molecule has 30 heteroatoms. The molecule has 2 unspecified atom stereocenters. The van der Waals surface area contributed by atoms with Gasteiger partial charge in [-0.2, -0.15) is 79.7 Å². The zero-order chi connectivity index (χ0) is 78.9. The van der Waals surface area contributed by atoms with Gasteiger partial charge in [0.2, 0.25) is 0 Å². The Labute approximate surface area is 619 Å². The van der Waals surface area contributed by atoms with Crippen LogP contribution in [0.25, 0.3) is 22.3 Å². The molecule has 0 aliphatic rings. The lowest BCUT2D eigenvalue weighted by molar-refractivity contribution is -0.144. The van der Waals surface area contributed by atoms with Crippen LogP contribution in [0.1, 0.15) is 188 Å². The number of esters is 1. The van der Waals surface area contributed by atoms with Crippen molar-refractivity contribution in [2.75, 3.05) is 47.9 Å². The van der Waals surface area contributed by atoms with E-state index in [0.29, 0.717) is 59.6 Å². The molecule has 2 aromatic heterocycles. The highest BCUT2D eigenvalue weighted by atomic mass is 32.1. The van der Waals surface area contributed by atoms with Gasteiger partial charge in [0, 0.05) is 71.5 Å². The molecular weight excluding hydrogens is 1460 g/mol. The molecule has 588 valence electrons. The number of carbonyl (C=O) groups excluding carboxylic acids is 3. The van der Waals surface area contributed by atoms with Crippen molar-refractivity contribution in [3.63, 3.8) is 0 Å². The Kier molecular flexibility index (Phi) is 33.3. The molecule has 4 aromatic carbocycles. The lowest BCUT2D eigenvalue weighted by atomic mass is 9.82. The Morgan fingerprint density at radius 1 is 0.472 bits per heavy atom. The first-order valence-corrected chi connectivity index (χ1v) is 33.6. The van der Waals surface area contributed by atoms with Crippen LogP contribution < -0.4 is 11.1 Å². The first-order valence-electron chi connectivity index (χ1n) is 33.6. The molecule has 0 spiro atoms. The molecule has 106 heavy (non-hydrogen) atoms. The number of aliphatic carboxylic acids is 1. The third-order valence-electron chi connectivity index (χ3n) is 17.7. The molecule has 0 bridgehead atoms. The maximum Gasteiger partial charge on any atom is 0.419 e. The number of halogens is 16. The predicted molar refractivity (Wildman–Crippen MR) is 383 cm³/mol. The maximum absolute atomic E-state index is 16.7. The first-order chi connectivity index (χ1) is 47.9. The van der Waals surface area contributed by atoms with Gasteiger partial charge < -0.3 is 28.8 Å². The quantitative estimate of drug-likeness (QED) is 0.0355. The average molecular weight is 1560 g/mol. The van der Waals surface area contributed by atoms with Crippen molar-refractivity contribution in [3.05, 3.63) is 183 Å².